The number of benzene rings is 2. The zero-order valence-corrected chi connectivity index (χ0v) is 18.1. The van der Waals surface area contributed by atoms with Crippen molar-refractivity contribution in [1.29, 1.82) is 0 Å². The molecule has 29 heavy (non-hydrogen) atoms. The number of carbonyl (C=O) groups is 2. The molecule has 0 atom stereocenters. The number of carbonyl (C=O) groups excluding carboxylic acids is 2. The molecule has 0 saturated carbocycles. The average Bonchev–Trinajstić information content (AvgIpc) is 2.98. The first-order valence-corrected chi connectivity index (χ1v) is 9.77. The van der Waals surface area contributed by atoms with Gasteiger partial charge in [-0.05, 0) is 45.4 Å². The SMILES string of the molecule is Cc1ccc(C(=O)COC2=C(C(=O)c3ccc(Cl)c(C)c3Cl)C(C)(C)N=N2)cc1. The third-order valence-corrected chi connectivity index (χ3v) is 5.62. The zero-order valence-electron chi connectivity index (χ0n) is 16.5. The number of ether oxygens (including phenoxy) is 1. The van der Waals surface area contributed by atoms with Crippen LogP contribution in [0.15, 0.2) is 58.1 Å². The van der Waals surface area contributed by atoms with Crippen LogP contribution in [0.4, 0.5) is 0 Å². The summed E-state index contributed by atoms with van der Waals surface area (Å²) in [6.07, 6.45) is 0. The van der Waals surface area contributed by atoms with E-state index >= 15 is 0 Å². The van der Waals surface area contributed by atoms with Crippen LogP contribution in [-0.2, 0) is 4.74 Å². The van der Waals surface area contributed by atoms with Crippen LogP contribution in [0.25, 0.3) is 0 Å². The Morgan fingerprint density at radius 1 is 1.03 bits per heavy atom. The number of hydrogen-bond donors (Lipinski definition) is 0. The Balaban J connectivity index is 1.89. The predicted octanol–water partition coefficient (Wildman–Crippen LogP) is 6.15. The molecule has 0 saturated heterocycles. The second kappa shape index (κ2) is 8.09. The minimum atomic E-state index is -0.907. The fourth-order valence-electron chi connectivity index (χ4n) is 2.94. The first-order chi connectivity index (χ1) is 13.6. The van der Waals surface area contributed by atoms with Crippen molar-refractivity contribution in [2.24, 2.45) is 10.2 Å². The second-order valence-electron chi connectivity index (χ2n) is 7.38. The van der Waals surface area contributed by atoms with Crippen molar-refractivity contribution in [3.8, 4) is 0 Å². The molecule has 3 rings (SSSR count). The third kappa shape index (κ3) is 4.26. The lowest BCUT2D eigenvalue weighted by Gasteiger charge is -2.18. The van der Waals surface area contributed by atoms with Crippen LogP contribution in [0.2, 0.25) is 10.0 Å². The summed E-state index contributed by atoms with van der Waals surface area (Å²) in [6, 6.07) is 10.4. The Morgan fingerprint density at radius 3 is 2.34 bits per heavy atom. The number of Topliss-reactive ketones (excluding diaryl/α,β-unsaturated/α-hetero) is 2. The summed E-state index contributed by atoms with van der Waals surface area (Å²) in [4.78, 5) is 25.7. The molecule has 0 fully saturated rings. The standard InChI is InChI=1S/C22H20Cl2N2O3/c1-12-5-7-14(8-6-12)17(27)11-29-21-18(22(3,4)26-25-21)20(28)15-9-10-16(23)13(2)19(15)24/h5-10H,11H2,1-4H3. The van der Waals surface area contributed by atoms with Crippen LogP contribution in [0.5, 0.6) is 0 Å². The summed E-state index contributed by atoms with van der Waals surface area (Å²) in [6.45, 7) is 6.93. The van der Waals surface area contributed by atoms with Gasteiger partial charge in [-0.15, -0.1) is 5.11 Å². The molecular weight excluding hydrogens is 411 g/mol. The van der Waals surface area contributed by atoms with Crippen LogP contribution < -0.4 is 0 Å². The molecule has 0 bridgehead atoms. The molecule has 0 amide bonds. The number of nitrogens with zero attached hydrogens (tertiary/aromatic N) is 2. The molecule has 2 aromatic carbocycles. The second-order valence-corrected chi connectivity index (χ2v) is 8.17. The van der Waals surface area contributed by atoms with Gasteiger partial charge in [0.25, 0.3) is 0 Å². The van der Waals surface area contributed by atoms with Crippen molar-refractivity contribution in [3.05, 3.63) is 80.2 Å². The van der Waals surface area contributed by atoms with Crippen LogP contribution >= 0.6 is 23.2 Å². The smallest absolute Gasteiger partial charge is 0.243 e. The number of rotatable bonds is 6. The van der Waals surface area contributed by atoms with Gasteiger partial charge >= 0.3 is 0 Å². The number of ketones is 2. The maximum Gasteiger partial charge on any atom is 0.243 e. The van der Waals surface area contributed by atoms with Gasteiger partial charge in [-0.3, -0.25) is 9.59 Å². The molecule has 0 aliphatic carbocycles. The molecule has 150 valence electrons. The molecular formula is C22H20Cl2N2O3. The first-order valence-electron chi connectivity index (χ1n) is 9.01. The van der Waals surface area contributed by atoms with Crippen LogP contribution in [0.1, 0.15) is 45.7 Å². The molecule has 1 aliphatic heterocycles. The average molecular weight is 431 g/mol. The molecule has 0 radical (unpaired) electrons. The Hall–Kier alpha value is -2.50. The van der Waals surface area contributed by atoms with E-state index in [0.29, 0.717) is 16.1 Å². The van der Waals surface area contributed by atoms with Gasteiger partial charge < -0.3 is 4.74 Å². The van der Waals surface area contributed by atoms with Crippen LogP contribution in [0.3, 0.4) is 0 Å². The van der Waals surface area contributed by atoms with E-state index in [1.165, 1.54) is 0 Å². The summed E-state index contributed by atoms with van der Waals surface area (Å²) in [7, 11) is 0. The van der Waals surface area contributed by atoms with E-state index in [4.69, 9.17) is 27.9 Å². The lowest BCUT2D eigenvalue weighted by atomic mass is 9.89. The Labute approximate surface area is 179 Å². The molecule has 1 heterocycles. The number of halogens is 2. The van der Waals surface area contributed by atoms with E-state index in [9.17, 15) is 9.59 Å². The third-order valence-electron chi connectivity index (χ3n) is 4.72. The van der Waals surface area contributed by atoms with Crippen molar-refractivity contribution >= 4 is 34.8 Å². The van der Waals surface area contributed by atoms with E-state index in [0.717, 1.165) is 5.56 Å². The molecule has 0 unspecified atom stereocenters. The van der Waals surface area contributed by atoms with Gasteiger partial charge in [-0.1, -0.05) is 53.0 Å². The fourth-order valence-corrected chi connectivity index (χ4v) is 3.39. The topological polar surface area (TPSA) is 68.1 Å². The molecule has 5 nitrogen and oxygen atoms in total. The van der Waals surface area contributed by atoms with E-state index in [-0.39, 0.29) is 40.2 Å². The number of azo groups is 1. The van der Waals surface area contributed by atoms with Gasteiger partial charge in [0.15, 0.2) is 18.2 Å². The van der Waals surface area contributed by atoms with Crippen molar-refractivity contribution in [3.63, 3.8) is 0 Å². The highest BCUT2D eigenvalue weighted by molar-refractivity contribution is 6.38. The highest BCUT2D eigenvalue weighted by atomic mass is 35.5. The zero-order chi connectivity index (χ0) is 21.3. The van der Waals surface area contributed by atoms with Crippen LogP contribution in [-0.4, -0.2) is 23.7 Å². The molecule has 0 N–H and O–H groups in total. The summed E-state index contributed by atoms with van der Waals surface area (Å²) in [5, 5.41) is 8.88. The van der Waals surface area contributed by atoms with Gasteiger partial charge in [-0.25, -0.2) is 0 Å². The number of aryl methyl sites for hydroxylation is 1. The van der Waals surface area contributed by atoms with Gasteiger partial charge in [-0.2, -0.15) is 5.11 Å². The molecule has 1 aliphatic rings. The normalized spacial score (nSPS) is 15.0. The minimum absolute atomic E-state index is 0.0316. The Kier molecular flexibility index (Phi) is 5.92. The quantitative estimate of drug-likeness (QED) is 0.516. The van der Waals surface area contributed by atoms with E-state index < -0.39 is 5.54 Å². The summed E-state index contributed by atoms with van der Waals surface area (Å²) in [5.41, 5.74) is 1.82. The van der Waals surface area contributed by atoms with E-state index in [1.807, 2.05) is 19.1 Å². The Bertz CT molecular complexity index is 1050. The largest absolute Gasteiger partial charge is 0.468 e. The maximum absolute atomic E-state index is 13.2. The van der Waals surface area contributed by atoms with Gasteiger partial charge in [0.05, 0.1) is 10.6 Å². The van der Waals surface area contributed by atoms with Gasteiger partial charge in [0, 0.05) is 16.1 Å². The fraction of sp³-hybridized carbons (Fsp3) is 0.273. The van der Waals surface area contributed by atoms with Gasteiger partial charge in [0.2, 0.25) is 5.88 Å². The molecule has 2 aromatic rings. The molecule has 0 aromatic heterocycles. The molecule has 7 heteroatoms. The van der Waals surface area contributed by atoms with Crippen molar-refractivity contribution < 1.29 is 14.3 Å². The van der Waals surface area contributed by atoms with E-state index in [1.54, 1.807) is 45.0 Å². The maximum atomic E-state index is 13.2. The van der Waals surface area contributed by atoms with Crippen molar-refractivity contribution in [2.45, 2.75) is 33.2 Å². The highest BCUT2D eigenvalue weighted by Gasteiger charge is 2.39. The summed E-state index contributed by atoms with van der Waals surface area (Å²) in [5.74, 6) is -0.545. The minimum Gasteiger partial charge on any atom is -0.468 e. The highest BCUT2D eigenvalue weighted by Crippen LogP contribution is 2.37. The van der Waals surface area contributed by atoms with Crippen LogP contribution in [0, 0.1) is 13.8 Å². The Morgan fingerprint density at radius 2 is 1.69 bits per heavy atom. The predicted molar refractivity (Wildman–Crippen MR) is 113 cm³/mol. The molecule has 0 spiro atoms. The summed E-state index contributed by atoms with van der Waals surface area (Å²) < 4.78 is 5.61. The lowest BCUT2D eigenvalue weighted by molar-refractivity contribution is 0.0849. The first kappa shape index (κ1) is 21.2. The van der Waals surface area contributed by atoms with Crippen molar-refractivity contribution in [1.82, 2.24) is 0 Å². The number of hydrogen-bond acceptors (Lipinski definition) is 5. The summed E-state index contributed by atoms with van der Waals surface area (Å²) >= 11 is 12.4. The monoisotopic (exact) mass is 430 g/mol. The van der Waals surface area contributed by atoms with Gasteiger partial charge in [0.1, 0.15) is 5.54 Å². The lowest BCUT2D eigenvalue weighted by Crippen LogP contribution is -2.25. The van der Waals surface area contributed by atoms with E-state index in [2.05, 4.69) is 10.2 Å². The van der Waals surface area contributed by atoms with Crippen molar-refractivity contribution in [2.75, 3.05) is 6.61 Å².